The summed E-state index contributed by atoms with van der Waals surface area (Å²) in [6, 6.07) is 4.02. The zero-order valence-electron chi connectivity index (χ0n) is 11.0. The normalized spacial score (nSPS) is 18.6. The Morgan fingerprint density at radius 3 is 2.56 bits per heavy atom. The third-order valence-electron chi connectivity index (χ3n) is 4.47. The van der Waals surface area contributed by atoms with Gasteiger partial charge in [-0.05, 0) is 38.3 Å². The molecule has 4 N–H and O–H groups in total. The maximum Gasteiger partial charge on any atom is 0.130 e. The smallest absolute Gasteiger partial charge is 0.130 e. The lowest BCUT2D eigenvalue weighted by Crippen LogP contribution is -2.33. The highest BCUT2D eigenvalue weighted by Gasteiger charge is 2.34. The fourth-order valence-electron chi connectivity index (χ4n) is 3.24. The molecule has 0 saturated heterocycles. The van der Waals surface area contributed by atoms with E-state index in [9.17, 15) is 5.11 Å². The van der Waals surface area contributed by atoms with E-state index >= 15 is 0 Å². The molecule has 0 radical (unpaired) electrons. The van der Waals surface area contributed by atoms with E-state index in [1.54, 1.807) is 0 Å². The van der Waals surface area contributed by atoms with Crippen molar-refractivity contribution in [3.05, 3.63) is 29.0 Å². The van der Waals surface area contributed by atoms with Crippen molar-refractivity contribution >= 4 is 10.9 Å². The number of rotatable bonds is 1. The van der Waals surface area contributed by atoms with Gasteiger partial charge in [0.1, 0.15) is 5.75 Å². The number of hydrogen-bond donors (Lipinski definition) is 3. The van der Waals surface area contributed by atoms with Crippen molar-refractivity contribution in [1.29, 1.82) is 0 Å². The van der Waals surface area contributed by atoms with Crippen molar-refractivity contribution in [2.75, 3.05) is 0 Å². The Morgan fingerprint density at radius 2 is 1.89 bits per heavy atom. The number of fused-ring (bicyclic) bond motifs is 1. The van der Waals surface area contributed by atoms with Crippen LogP contribution in [0.2, 0.25) is 0 Å². The van der Waals surface area contributed by atoms with Gasteiger partial charge in [-0.1, -0.05) is 18.9 Å². The van der Waals surface area contributed by atoms with Crippen LogP contribution in [0.3, 0.4) is 0 Å². The average molecular weight is 244 g/mol. The first-order chi connectivity index (χ1) is 8.53. The molecule has 2 aromatic rings. The highest BCUT2D eigenvalue weighted by molar-refractivity contribution is 5.91. The number of hydrogen-bond acceptors (Lipinski definition) is 2. The van der Waals surface area contributed by atoms with Crippen molar-refractivity contribution < 1.29 is 5.11 Å². The molecular weight excluding hydrogens is 224 g/mol. The molecule has 0 aliphatic heterocycles. The Kier molecular flexibility index (Phi) is 2.42. The lowest BCUT2D eigenvalue weighted by molar-refractivity contribution is 0.413. The van der Waals surface area contributed by atoms with Crippen LogP contribution in [-0.4, -0.2) is 10.1 Å². The fourth-order valence-corrected chi connectivity index (χ4v) is 3.24. The molecule has 3 heteroatoms. The molecule has 1 aliphatic rings. The van der Waals surface area contributed by atoms with Crippen molar-refractivity contribution in [3.63, 3.8) is 0 Å². The van der Waals surface area contributed by atoms with Crippen LogP contribution in [0.5, 0.6) is 5.75 Å². The Bertz CT molecular complexity index is 606. The molecular formula is C15H20N2O. The van der Waals surface area contributed by atoms with Crippen LogP contribution in [0.25, 0.3) is 10.9 Å². The zero-order chi connectivity index (χ0) is 12.9. The van der Waals surface area contributed by atoms with Crippen LogP contribution in [0, 0.1) is 13.8 Å². The number of aromatic hydroxyl groups is 1. The topological polar surface area (TPSA) is 62.0 Å². The molecule has 0 amide bonds. The van der Waals surface area contributed by atoms with Gasteiger partial charge < -0.3 is 15.8 Å². The number of aryl methyl sites for hydroxylation is 2. The summed E-state index contributed by atoms with van der Waals surface area (Å²) in [7, 11) is 0. The standard InChI is InChI=1S/C15H20N2O/c1-9-10(2)17-12-6-5-11(14(18)13(9)12)15(16)7-3-4-8-15/h5-6,17-18H,3-4,7-8,16H2,1-2H3. The number of phenols is 1. The lowest BCUT2D eigenvalue weighted by atomic mass is 9.87. The molecule has 18 heavy (non-hydrogen) atoms. The molecule has 1 aromatic carbocycles. The molecule has 0 spiro atoms. The number of H-pyrrole nitrogens is 1. The zero-order valence-corrected chi connectivity index (χ0v) is 11.0. The molecule has 3 nitrogen and oxygen atoms in total. The van der Waals surface area contributed by atoms with E-state index in [2.05, 4.69) is 4.98 Å². The maximum atomic E-state index is 10.6. The Labute approximate surface area is 107 Å². The van der Waals surface area contributed by atoms with Crippen molar-refractivity contribution in [2.24, 2.45) is 5.73 Å². The number of aromatic amines is 1. The van der Waals surface area contributed by atoms with Gasteiger partial charge in [-0.2, -0.15) is 0 Å². The summed E-state index contributed by atoms with van der Waals surface area (Å²) in [5.41, 5.74) is 10.2. The summed E-state index contributed by atoms with van der Waals surface area (Å²) in [5.74, 6) is 0.374. The van der Waals surface area contributed by atoms with Crippen LogP contribution < -0.4 is 5.73 Å². The number of benzene rings is 1. The van der Waals surface area contributed by atoms with Crippen LogP contribution in [-0.2, 0) is 5.54 Å². The van der Waals surface area contributed by atoms with E-state index in [1.807, 2.05) is 26.0 Å². The molecule has 1 heterocycles. The van der Waals surface area contributed by atoms with Gasteiger partial charge in [0.25, 0.3) is 0 Å². The first-order valence-corrected chi connectivity index (χ1v) is 6.63. The Morgan fingerprint density at radius 1 is 1.22 bits per heavy atom. The highest BCUT2D eigenvalue weighted by atomic mass is 16.3. The monoisotopic (exact) mass is 244 g/mol. The summed E-state index contributed by atoms with van der Waals surface area (Å²) in [6.07, 6.45) is 4.24. The van der Waals surface area contributed by atoms with E-state index < -0.39 is 0 Å². The molecule has 0 bridgehead atoms. The summed E-state index contributed by atoms with van der Waals surface area (Å²) in [5, 5.41) is 11.5. The Hall–Kier alpha value is -1.48. The van der Waals surface area contributed by atoms with E-state index in [4.69, 9.17) is 5.73 Å². The fraction of sp³-hybridized carbons (Fsp3) is 0.467. The maximum absolute atomic E-state index is 10.6. The molecule has 0 atom stereocenters. The quantitative estimate of drug-likeness (QED) is 0.721. The first-order valence-electron chi connectivity index (χ1n) is 6.63. The van der Waals surface area contributed by atoms with Gasteiger partial charge in [0.05, 0.1) is 0 Å². The van der Waals surface area contributed by atoms with Gasteiger partial charge in [0, 0.05) is 27.7 Å². The molecule has 1 aromatic heterocycles. The summed E-state index contributed by atoms with van der Waals surface area (Å²) < 4.78 is 0. The number of aromatic nitrogens is 1. The summed E-state index contributed by atoms with van der Waals surface area (Å²) >= 11 is 0. The van der Waals surface area contributed by atoms with Crippen molar-refractivity contribution in [2.45, 2.75) is 45.1 Å². The van der Waals surface area contributed by atoms with Crippen LogP contribution >= 0.6 is 0 Å². The predicted molar refractivity (Wildman–Crippen MR) is 73.8 cm³/mol. The third kappa shape index (κ3) is 1.47. The van der Waals surface area contributed by atoms with E-state index in [1.165, 1.54) is 0 Å². The van der Waals surface area contributed by atoms with Gasteiger partial charge in [-0.15, -0.1) is 0 Å². The average Bonchev–Trinajstić information content (AvgIpc) is 2.87. The molecule has 1 aliphatic carbocycles. The largest absolute Gasteiger partial charge is 0.507 e. The number of nitrogens with two attached hydrogens (primary N) is 1. The lowest BCUT2D eigenvalue weighted by Gasteiger charge is -2.25. The minimum Gasteiger partial charge on any atom is -0.507 e. The van der Waals surface area contributed by atoms with Gasteiger partial charge in [-0.25, -0.2) is 0 Å². The van der Waals surface area contributed by atoms with Gasteiger partial charge in [-0.3, -0.25) is 0 Å². The van der Waals surface area contributed by atoms with Crippen LogP contribution in [0.1, 0.15) is 42.5 Å². The van der Waals surface area contributed by atoms with Crippen molar-refractivity contribution in [3.8, 4) is 5.75 Å². The number of phenolic OH excluding ortho intramolecular Hbond substituents is 1. The second-order valence-electron chi connectivity index (χ2n) is 5.62. The van der Waals surface area contributed by atoms with Crippen molar-refractivity contribution in [1.82, 2.24) is 4.98 Å². The van der Waals surface area contributed by atoms with Gasteiger partial charge in [0.2, 0.25) is 0 Å². The van der Waals surface area contributed by atoms with E-state index in [0.29, 0.717) is 5.75 Å². The first kappa shape index (κ1) is 11.6. The second kappa shape index (κ2) is 3.75. The second-order valence-corrected chi connectivity index (χ2v) is 5.62. The number of nitrogens with one attached hydrogen (secondary N) is 1. The van der Waals surface area contributed by atoms with Gasteiger partial charge >= 0.3 is 0 Å². The van der Waals surface area contributed by atoms with Crippen LogP contribution in [0.15, 0.2) is 12.1 Å². The SMILES string of the molecule is Cc1[nH]c2ccc(C3(N)CCCC3)c(O)c2c1C. The molecule has 1 saturated carbocycles. The predicted octanol–water partition coefficient (Wildman–Crippen LogP) is 3.22. The molecule has 1 fully saturated rings. The highest BCUT2D eigenvalue weighted by Crippen LogP contribution is 2.43. The van der Waals surface area contributed by atoms with Gasteiger partial charge in [0.15, 0.2) is 0 Å². The van der Waals surface area contributed by atoms with Crippen LogP contribution in [0.4, 0.5) is 0 Å². The minimum atomic E-state index is -0.337. The molecule has 96 valence electrons. The Balaban J connectivity index is 2.25. The van der Waals surface area contributed by atoms with E-state index in [-0.39, 0.29) is 5.54 Å². The molecule has 0 unspecified atom stereocenters. The van der Waals surface area contributed by atoms with E-state index in [0.717, 1.165) is 53.4 Å². The minimum absolute atomic E-state index is 0.337. The summed E-state index contributed by atoms with van der Waals surface area (Å²) in [4.78, 5) is 3.30. The molecule has 3 rings (SSSR count). The third-order valence-corrected chi connectivity index (χ3v) is 4.47. The summed E-state index contributed by atoms with van der Waals surface area (Å²) in [6.45, 7) is 4.07.